The van der Waals surface area contributed by atoms with Gasteiger partial charge >= 0.3 is 6.18 Å². The molecule has 15 heavy (non-hydrogen) atoms. The molecule has 1 N–H and O–H groups in total. The summed E-state index contributed by atoms with van der Waals surface area (Å²) in [5.41, 5.74) is -2.88. The van der Waals surface area contributed by atoms with Crippen LogP contribution in [0.25, 0.3) is 0 Å². The van der Waals surface area contributed by atoms with Crippen LogP contribution in [-0.2, 0) is 5.60 Å². The number of aromatic nitrogens is 2. The van der Waals surface area contributed by atoms with Gasteiger partial charge in [0.15, 0.2) is 0 Å². The number of hydrogen-bond donors (Lipinski definition) is 1. The third-order valence-electron chi connectivity index (χ3n) is 2.19. The lowest BCUT2D eigenvalue weighted by molar-refractivity contribution is -0.269. The molecule has 0 bridgehead atoms. The Labute approximate surface area is 85.0 Å². The van der Waals surface area contributed by atoms with Crippen LogP contribution < -0.4 is 0 Å². The molecule has 1 heterocycles. The minimum absolute atomic E-state index is 0.469. The zero-order valence-electron chi connectivity index (χ0n) is 8.34. The summed E-state index contributed by atoms with van der Waals surface area (Å²) in [5, 5.41) is 9.49. The number of aryl methyl sites for hydroxylation is 1. The molecule has 0 aliphatic carbocycles. The molecule has 1 aromatic heterocycles. The van der Waals surface area contributed by atoms with E-state index >= 15 is 0 Å². The Bertz CT molecular complexity index is 336. The monoisotopic (exact) mass is 220 g/mol. The fraction of sp³-hybridized carbons (Fsp3) is 0.556. The van der Waals surface area contributed by atoms with Crippen molar-refractivity contribution in [2.75, 3.05) is 0 Å². The van der Waals surface area contributed by atoms with Crippen LogP contribution in [0.15, 0.2) is 12.4 Å². The van der Waals surface area contributed by atoms with Crippen LogP contribution in [0.1, 0.15) is 24.7 Å². The van der Waals surface area contributed by atoms with Crippen molar-refractivity contribution in [1.82, 2.24) is 9.97 Å². The lowest BCUT2D eigenvalue weighted by Crippen LogP contribution is -2.42. The van der Waals surface area contributed by atoms with Crippen molar-refractivity contribution in [3.05, 3.63) is 23.8 Å². The van der Waals surface area contributed by atoms with Gasteiger partial charge in [0.2, 0.25) is 5.60 Å². The van der Waals surface area contributed by atoms with Crippen LogP contribution >= 0.6 is 0 Å². The van der Waals surface area contributed by atoms with Crippen LogP contribution in [0.5, 0.6) is 0 Å². The molecule has 0 aliphatic heterocycles. The highest BCUT2D eigenvalue weighted by Crippen LogP contribution is 2.40. The van der Waals surface area contributed by atoms with Gasteiger partial charge in [-0.05, 0) is 13.3 Å². The van der Waals surface area contributed by atoms with Crippen molar-refractivity contribution in [2.24, 2.45) is 0 Å². The minimum atomic E-state index is -4.74. The number of halogens is 3. The second-order valence-electron chi connectivity index (χ2n) is 3.25. The zero-order chi connectivity index (χ0) is 11.7. The zero-order valence-corrected chi connectivity index (χ0v) is 8.34. The molecule has 1 unspecified atom stereocenters. The molecule has 1 rings (SSSR count). The van der Waals surface area contributed by atoms with E-state index in [4.69, 9.17) is 0 Å². The highest BCUT2D eigenvalue weighted by Gasteiger charge is 2.54. The first kappa shape index (κ1) is 11.9. The molecule has 0 amide bonds. The Hall–Kier alpha value is -1.17. The van der Waals surface area contributed by atoms with Gasteiger partial charge in [-0.2, -0.15) is 13.2 Å². The summed E-state index contributed by atoms with van der Waals surface area (Å²) in [5.74, 6) is 0. The average molecular weight is 220 g/mol. The Morgan fingerprint density at radius 1 is 1.27 bits per heavy atom. The topological polar surface area (TPSA) is 46.0 Å². The normalized spacial score (nSPS) is 16.1. The van der Waals surface area contributed by atoms with E-state index in [2.05, 4.69) is 9.97 Å². The standard InChI is InChI=1S/C9H11F3N2O/c1-3-8(15,9(10,11)12)7-5-13-6(2)4-14-7/h4-5,15H,3H2,1-2H3. The predicted molar refractivity (Wildman–Crippen MR) is 47.0 cm³/mol. The molecule has 0 aromatic carbocycles. The highest BCUT2D eigenvalue weighted by molar-refractivity contribution is 5.12. The van der Waals surface area contributed by atoms with Crippen molar-refractivity contribution in [3.8, 4) is 0 Å². The fourth-order valence-corrected chi connectivity index (χ4v) is 1.13. The summed E-state index contributed by atoms with van der Waals surface area (Å²) < 4.78 is 37.7. The molecule has 1 atom stereocenters. The van der Waals surface area contributed by atoms with E-state index in [1.807, 2.05) is 0 Å². The molecular formula is C9H11F3N2O. The lowest BCUT2D eigenvalue weighted by atomic mass is 9.96. The molecule has 0 fully saturated rings. The number of rotatable bonds is 2. The molecule has 0 aliphatic rings. The van der Waals surface area contributed by atoms with Crippen molar-refractivity contribution in [2.45, 2.75) is 32.0 Å². The van der Waals surface area contributed by atoms with E-state index in [0.717, 1.165) is 6.20 Å². The first-order valence-electron chi connectivity index (χ1n) is 4.39. The van der Waals surface area contributed by atoms with Crippen molar-refractivity contribution in [3.63, 3.8) is 0 Å². The molecule has 6 heteroatoms. The summed E-state index contributed by atoms with van der Waals surface area (Å²) in [6.07, 6.45) is -3.09. The molecule has 0 saturated carbocycles. The van der Waals surface area contributed by atoms with E-state index in [1.165, 1.54) is 13.1 Å². The number of hydrogen-bond acceptors (Lipinski definition) is 3. The van der Waals surface area contributed by atoms with E-state index in [1.54, 1.807) is 6.92 Å². The molecule has 1 aromatic rings. The van der Waals surface area contributed by atoms with Crippen molar-refractivity contribution in [1.29, 1.82) is 0 Å². The Balaban J connectivity index is 3.18. The Morgan fingerprint density at radius 2 is 1.87 bits per heavy atom. The van der Waals surface area contributed by atoms with Gasteiger partial charge in [-0.15, -0.1) is 0 Å². The van der Waals surface area contributed by atoms with Crippen LogP contribution in [0, 0.1) is 6.92 Å². The van der Waals surface area contributed by atoms with Gasteiger partial charge in [-0.1, -0.05) is 6.92 Å². The number of nitrogens with zero attached hydrogens (tertiary/aromatic N) is 2. The summed E-state index contributed by atoms with van der Waals surface area (Å²) in [7, 11) is 0. The first-order valence-corrected chi connectivity index (χ1v) is 4.39. The fourth-order valence-electron chi connectivity index (χ4n) is 1.13. The SMILES string of the molecule is CCC(O)(c1cnc(C)cn1)C(F)(F)F. The average Bonchev–Trinajstić information content (AvgIpc) is 2.16. The highest BCUT2D eigenvalue weighted by atomic mass is 19.4. The van der Waals surface area contributed by atoms with Gasteiger partial charge in [0, 0.05) is 6.20 Å². The van der Waals surface area contributed by atoms with Gasteiger partial charge in [0.1, 0.15) is 0 Å². The van der Waals surface area contributed by atoms with Crippen LogP contribution in [0.2, 0.25) is 0 Å². The van der Waals surface area contributed by atoms with E-state index in [9.17, 15) is 18.3 Å². The molecule has 84 valence electrons. The third-order valence-corrected chi connectivity index (χ3v) is 2.19. The van der Waals surface area contributed by atoms with Gasteiger partial charge in [0.05, 0.1) is 17.6 Å². The Morgan fingerprint density at radius 3 is 2.20 bits per heavy atom. The summed E-state index contributed by atoms with van der Waals surface area (Å²) >= 11 is 0. The lowest BCUT2D eigenvalue weighted by Gasteiger charge is -2.28. The Kier molecular flexibility index (Phi) is 2.99. The van der Waals surface area contributed by atoms with E-state index in [-0.39, 0.29) is 0 Å². The number of aliphatic hydroxyl groups is 1. The third kappa shape index (κ3) is 2.09. The summed E-state index contributed by atoms with van der Waals surface area (Å²) in [4.78, 5) is 7.24. The maximum absolute atomic E-state index is 12.6. The second-order valence-corrected chi connectivity index (χ2v) is 3.25. The quantitative estimate of drug-likeness (QED) is 0.828. The van der Waals surface area contributed by atoms with Crippen molar-refractivity contribution >= 4 is 0 Å². The van der Waals surface area contributed by atoms with Gasteiger partial charge in [-0.3, -0.25) is 9.97 Å². The summed E-state index contributed by atoms with van der Waals surface area (Å²) in [6.45, 7) is 2.85. The molecule has 3 nitrogen and oxygen atoms in total. The summed E-state index contributed by atoms with van der Waals surface area (Å²) in [6, 6.07) is 0. The number of alkyl halides is 3. The van der Waals surface area contributed by atoms with Crippen LogP contribution in [-0.4, -0.2) is 21.3 Å². The van der Waals surface area contributed by atoms with Gasteiger partial charge < -0.3 is 5.11 Å². The maximum Gasteiger partial charge on any atom is 0.423 e. The molecule has 0 saturated heterocycles. The maximum atomic E-state index is 12.6. The predicted octanol–water partition coefficient (Wildman–Crippen LogP) is 1.94. The van der Waals surface area contributed by atoms with Crippen molar-refractivity contribution < 1.29 is 18.3 Å². The molecule has 0 spiro atoms. The van der Waals surface area contributed by atoms with Gasteiger partial charge in [-0.25, -0.2) is 0 Å². The second kappa shape index (κ2) is 3.77. The molecular weight excluding hydrogens is 209 g/mol. The van der Waals surface area contributed by atoms with E-state index < -0.39 is 23.9 Å². The minimum Gasteiger partial charge on any atom is -0.375 e. The largest absolute Gasteiger partial charge is 0.423 e. The van der Waals surface area contributed by atoms with Gasteiger partial charge in [0.25, 0.3) is 0 Å². The molecule has 0 radical (unpaired) electrons. The smallest absolute Gasteiger partial charge is 0.375 e. The van der Waals surface area contributed by atoms with Crippen LogP contribution in [0.3, 0.4) is 0 Å². The van der Waals surface area contributed by atoms with E-state index in [0.29, 0.717) is 5.69 Å². The van der Waals surface area contributed by atoms with Crippen LogP contribution in [0.4, 0.5) is 13.2 Å². The first-order chi connectivity index (χ1) is 6.81.